The lowest BCUT2D eigenvalue weighted by Gasteiger charge is -2.27. The van der Waals surface area contributed by atoms with Gasteiger partial charge in [-0.15, -0.1) is 0 Å². The van der Waals surface area contributed by atoms with Crippen LogP contribution in [0.25, 0.3) is 0 Å². The minimum atomic E-state index is -0.0329. The van der Waals surface area contributed by atoms with Crippen LogP contribution in [0.3, 0.4) is 0 Å². The molecule has 3 rings (SSSR count). The van der Waals surface area contributed by atoms with Crippen molar-refractivity contribution < 1.29 is 14.3 Å². The van der Waals surface area contributed by atoms with Gasteiger partial charge in [-0.25, -0.2) is 0 Å². The Labute approximate surface area is 150 Å². The summed E-state index contributed by atoms with van der Waals surface area (Å²) in [7, 11) is 1.65. The monoisotopic (exact) mass is 346 g/mol. The summed E-state index contributed by atoms with van der Waals surface area (Å²) in [5, 5.41) is 2.96. The molecule has 1 N–H and O–H groups in total. The maximum Gasteiger partial charge on any atom is 0.220 e. The van der Waals surface area contributed by atoms with Crippen molar-refractivity contribution in [3.05, 3.63) is 34.9 Å². The first-order valence-electron chi connectivity index (χ1n) is 9.14. The van der Waals surface area contributed by atoms with Crippen molar-refractivity contribution in [2.75, 3.05) is 46.6 Å². The smallest absolute Gasteiger partial charge is 0.220 e. The third-order valence-electron chi connectivity index (χ3n) is 5.63. The molecule has 0 unspecified atom stereocenters. The number of carbonyl (C=O) groups excluding carboxylic acids is 1. The Morgan fingerprint density at radius 3 is 3.08 bits per heavy atom. The zero-order valence-electron chi connectivity index (χ0n) is 15.6. The number of methoxy groups -OCH3 is 1. The van der Waals surface area contributed by atoms with Crippen molar-refractivity contribution in [2.24, 2.45) is 11.3 Å². The third-order valence-corrected chi connectivity index (χ3v) is 5.63. The maximum atomic E-state index is 12.3. The number of rotatable bonds is 7. The summed E-state index contributed by atoms with van der Waals surface area (Å²) in [6.07, 6.45) is 0.546. The van der Waals surface area contributed by atoms with Crippen LogP contribution in [0, 0.1) is 25.2 Å². The lowest BCUT2D eigenvalue weighted by atomic mass is 9.78. The van der Waals surface area contributed by atoms with Gasteiger partial charge in [-0.1, -0.05) is 23.8 Å². The van der Waals surface area contributed by atoms with Crippen LogP contribution in [0.4, 0.5) is 0 Å². The van der Waals surface area contributed by atoms with Gasteiger partial charge in [0.1, 0.15) is 0 Å². The number of hydrogen-bond donors (Lipinski definition) is 1. The van der Waals surface area contributed by atoms with Gasteiger partial charge >= 0.3 is 0 Å². The van der Waals surface area contributed by atoms with Crippen LogP contribution in [0.1, 0.15) is 23.1 Å². The van der Waals surface area contributed by atoms with Gasteiger partial charge in [-0.05, 0) is 25.0 Å². The van der Waals surface area contributed by atoms with E-state index in [2.05, 4.69) is 42.3 Å². The van der Waals surface area contributed by atoms with Gasteiger partial charge in [0, 0.05) is 51.0 Å². The van der Waals surface area contributed by atoms with E-state index in [1.54, 1.807) is 7.11 Å². The molecule has 1 amide bonds. The zero-order valence-corrected chi connectivity index (χ0v) is 15.6. The van der Waals surface area contributed by atoms with E-state index in [0.717, 1.165) is 26.2 Å². The van der Waals surface area contributed by atoms with E-state index in [-0.39, 0.29) is 11.3 Å². The number of nitrogens with one attached hydrogen (secondary N) is 1. The minimum Gasteiger partial charge on any atom is -0.383 e. The molecule has 0 radical (unpaired) electrons. The van der Waals surface area contributed by atoms with Gasteiger partial charge in [0.25, 0.3) is 0 Å². The van der Waals surface area contributed by atoms with E-state index in [9.17, 15) is 4.79 Å². The Bertz CT molecular complexity index is 619. The summed E-state index contributed by atoms with van der Waals surface area (Å²) >= 11 is 0. The van der Waals surface area contributed by atoms with Crippen molar-refractivity contribution in [3.63, 3.8) is 0 Å². The fraction of sp³-hybridized carbons (Fsp3) is 0.650. The van der Waals surface area contributed by atoms with Crippen molar-refractivity contribution in [1.29, 1.82) is 0 Å². The van der Waals surface area contributed by atoms with Crippen molar-refractivity contribution in [3.8, 4) is 0 Å². The summed E-state index contributed by atoms with van der Waals surface area (Å²) in [6.45, 7) is 9.81. The molecular formula is C20H30N2O3. The van der Waals surface area contributed by atoms with Gasteiger partial charge in [0.2, 0.25) is 5.91 Å². The van der Waals surface area contributed by atoms with Gasteiger partial charge < -0.3 is 14.8 Å². The Balaban J connectivity index is 1.63. The zero-order chi connectivity index (χ0) is 17.9. The van der Waals surface area contributed by atoms with E-state index >= 15 is 0 Å². The number of amides is 1. The Morgan fingerprint density at radius 1 is 1.44 bits per heavy atom. The first-order valence-corrected chi connectivity index (χ1v) is 9.14. The van der Waals surface area contributed by atoms with Crippen LogP contribution in [0.5, 0.6) is 0 Å². The molecule has 2 heterocycles. The highest BCUT2D eigenvalue weighted by Crippen LogP contribution is 2.44. The van der Waals surface area contributed by atoms with E-state index in [1.807, 2.05) is 0 Å². The summed E-state index contributed by atoms with van der Waals surface area (Å²) in [6, 6.07) is 6.64. The molecule has 2 aliphatic rings. The highest BCUT2D eigenvalue weighted by Gasteiger charge is 2.51. The predicted octanol–water partition coefficient (Wildman–Crippen LogP) is 1.90. The molecular weight excluding hydrogens is 316 g/mol. The standard InChI is InChI=1S/C20H30N2O3/c1-15-4-5-16(2)17(8-15)10-22-11-18-12-25-14-20(18,13-22)9-19(23)21-6-7-24-3/h4-5,8,18H,6-7,9-14H2,1-3H3,(H,21,23)/t18-,20+/m0/s1. The Hall–Kier alpha value is -1.43. The number of ether oxygens (including phenoxy) is 2. The summed E-state index contributed by atoms with van der Waals surface area (Å²) < 4.78 is 10.8. The van der Waals surface area contributed by atoms with E-state index in [0.29, 0.717) is 32.1 Å². The number of fused-ring (bicyclic) bond motifs is 1. The summed E-state index contributed by atoms with van der Waals surface area (Å²) in [5.74, 6) is 0.562. The molecule has 0 aromatic heterocycles. The van der Waals surface area contributed by atoms with Crippen molar-refractivity contribution >= 4 is 5.91 Å². The Kier molecular flexibility index (Phi) is 5.77. The topological polar surface area (TPSA) is 50.8 Å². The van der Waals surface area contributed by atoms with Crippen LogP contribution in [0.2, 0.25) is 0 Å². The van der Waals surface area contributed by atoms with Crippen LogP contribution in [-0.4, -0.2) is 57.4 Å². The first-order chi connectivity index (χ1) is 12.0. The van der Waals surface area contributed by atoms with E-state index < -0.39 is 0 Å². The third kappa shape index (κ3) is 4.22. The summed E-state index contributed by atoms with van der Waals surface area (Å²) in [4.78, 5) is 14.8. The molecule has 2 saturated heterocycles. The first kappa shape index (κ1) is 18.4. The quantitative estimate of drug-likeness (QED) is 0.766. The molecule has 1 aromatic carbocycles. The molecule has 25 heavy (non-hydrogen) atoms. The number of benzene rings is 1. The number of hydrogen-bond acceptors (Lipinski definition) is 4. The van der Waals surface area contributed by atoms with Gasteiger partial charge in [0.15, 0.2) is 0 Å². The molecule has 0 bridgehead atoms. The number of likely N-dealkylation sites (tertiary alicyclic amines) is 1. The minimum absolute atomic E-state index is 0.0329. The van der Waals surface area contributed by atoms with Gasteiger partial charge in [-0.2, -0.15) is 0 Å². The van der Waals surface area contributed by atoms with Crippen LogP contribution in [-0.2, 0) is 20.8 Å². The molecule has 138 valence electrons. The van der Waals surface area contributed by atoms with Gasteiger partial charge in [0.05, 0.1) is 19.8 Å². The number of nitrogens with zero attached hydrogens (tertiary/aromatic N) is 1. The second-order valence-electron chi connectivity index (χ2n) is 7.69. The Morgan fingerprint density at radius 2 is 2.28 bits per heavy atom. The van der Waals surface area contributed by atoms with Crippen molar-refractivity contribution in [2.45, 2.75) is 26.8 Å². The summed E-state index contributed by atoms with van der Waals surface area (Å²) in [5.41, 5.74) is 4.00. The lowest BCUT2D eigenvalue weighted by molar-refractivity contribution is -0.123. The molecule has 0 saturated carbocycles. The highest BCUT2D eigenvalue weighted by molar-refractivity contribution is 5.76. The molecule has 0 aliphatic carbocycles. The second kappa shape index (κ2) is 7.85. The average molecular weight is 346 g/mol. The van der Waals surface area contributed by atoms with Crippen LogP contribution < -0.4 is 5.32 Å². The molecule has 5 nitrogen and oxygen atoms in total. The normalized spacial score (nSPS) is 26.0. The number of aryl methyl sites for hydroxylation is 2. The average Bonchev–Trinajstić information content (AvgIpc) is 3.07. The second-order valence-corrected chi connectivity index (χ2v) is 7.69. The largest absolute Gasteiger partial charge is 0.383 e. The highest BCUT2D eigenvalue weighted by atomic mass is 16.5. The SMILES string of the molecule is COCCNC(=O)C[C@@]12COC[C@@H]1CN(Cc1cc(C)ccc1C)C2. The fourth-order valence-corrected chi connectivity index (χ4v) is 4.20. The molecule has 5 heteroatoms. The van der Waals surface area contributed by atoms with Crippen molar-refractivity contribution in [1.82, 2.24) is 10.2 Å². The lowest BCUT2D eigenvalue weighted by Crippen LogP contribution is -2.38. The maximum absolute atomic E-state index is 12.3. The van der Waals surface area contributed by atoms with E-state index in [1.165, 1.54) is 16.7 Å². The number of carbonyl (C=O) groups is 1. The predicted molar refractivity (Wildman–Crippen MR) is 97.4 cm³/mol. The molecule has 2 fully saturated rings. The molecule has 0 spiro atoms. The molecule has 2 atom stereocenters. The van der Waals surface area contributed by atoms with E-state index in [4.69, 9.17) is 9.47 Å². The van der Waals surface area contributed by atoms with Crippen LogP contribution in [0.15, 0.2) is 18.2 Å². The fourth-order valence-electron chi connectivity index (χ4n) is 4.20. The molecule has 2 aliphatic heterocycles. The van der Waals surface area contributed by atoms with Crippen LogP contribution >= 0.6 is 0 Å². The van der Waals surface area contributed by atoms with Gasteiger partial charge in [-0.3, -0.25) is 9.69 Å². The molecule has 1 aromatic rings.